The van der Waals surface area contributed by atoms with E-state index in [0.717, 1.165) is 18.3 Å². The molecule has 1 aliphatic heterocycles. The van der Waals surface area contributed by atoms with Gasteiger partial charge in [-0.3, -0.25) is 9.78 Å². The first-order chi connectivity index (χ1) is 17.1. The van der Waals surface area contributed by atoms with Crippen LogP contribution in [0.25, 0.3) is 10.9 Å². The van der Waals surface area contributed by atoms with E-state index in [1.54, 1.807) is 12.3 Å². The number of likely N-dealkylation sites (tertiary alicyclic amines) is 1. The number of nitrogens with one attached hydrogen (secondary N) is 2. The van der Waals surface area contributed by atoms with Crippen molar-refractivity contribution in [1.29, 1.82) is 0 Å². The first-order valence-corrected chi connectivity index (χ1v) is 12.8. The van der Waals surface area contributed by atoms with Crippen molar-refractivity contribution in [3.05, 3.63) is 63.2 Å². The summed E-state index contributed by atoms with van der Waals surface area (Å²) in [5, 5.41) is 4.01. The van der Waals surface area contributed by atoms with Gasteiger partial charge in [-0.25, -0.2) is 9.37 Å². The molecule has 2 aliphatic rings. The van der Waals surface area contributed by atoms with Gasteiger partial charge in [0.05, 0.1) is 16.1 Å². The number of fused-ring (bicyclic) bond motifs is 1. The monoisotopic (exact) mass is 499 g/mol. The highest BCUT2D eigenvalue weighted by molar-refractivity contribution is 6.30. The minimum absolute atomic E-state index is 0.0223. The Morgan fingerprint density at radius 3 is 2.74 bits per heavy atom. The standard InChI is InChI=1S/C26H31ClFN5O2/c27-21-13-19(5-6-22(21)28)35-16-24-31-25-20(26(34)32-24)7-10-30-23(25)15-29-14-17-8-11-33(12-9-17)18-3-1-2-4-18/h5-7,10,13,17-18,29H,1-4,8-9,11-12,14-16H2,(H,31,32,34). The molecule has 186 valence electrons. The van der Waals surface area contributed by atoms with Gasteiger partial charge in [-0.15, -0.1) is 0 Å². The second-order valence-electron chi connectivity index (χ2n) is 9.58. The molecule has 0 radical (unpaired) electrons. The van der Waals surface area contributed by atoms with Crippen LogP contribution < -0.4 is 15.6 Å². The van der Waals surface area contributed by atoms with Gasteiger partial charge in [-0.05, 0) is 69.4 Å². The summed E-state index contributed by atoms with van der Waals surface area (Å²) < 4.78 is 19.0. The summed E-state index contributed by atoms with van der Waals surface area (Å²) in [6.45, 7) is 3.90. The maximum atomic E-state index is 13.4. The lowest BCUT2D eigenvalue weighted by atomic mass is 9.95. The Morgan fingerprint density at radius 1 is 1.17 bits per heavy atom. The number of halogens is 2. The molecule has 0 atom stereocenters. The maximum Gasteiger partial charge on any atom is 0.258 e. The van der Waals surface area contributed by atoms with Crippen molar-refractivity contribution in [1.82, 2.24) is 25.2 Å². The topological polar surface area (TPSA) is 83.1 Å². The van der Waals surface area contributed by atoms with Gasteiger partial charge >= 0.3 is 0 Å². The van der Waals surface area contributed by atoms with Crippen LogP contribution in [0.2, 0.25) is 5.02 Å². The van der Waals surface area contributed by atoms with Crippen LogP contribution in [0.5, 0.6) is 5.75 Å². The van der Waals surface area contributed by atoms with Gasteiger partial charge in [-0.2, -0.15) is 0 Å². The minimum atomic E-state index is -0.515. The van der Waals surface area contributed by atoms with E-state index in [1.807, 2.05) is 0 Å². The van der Waals surface area contributed by atoms with Crippen LogP contribution in [-0.2, 0) is 13.2 Å². The predicted octanol–water partition coefficient (Wildman–Crippen LogP) is 4.43. The Kier molecular flexibility index (Phi) is 7.60. The number of ether oxygens (including phenoxy) is 1. The molecule has 1 saturated carbocycles. The molecule has 0 spiro atoms. The normalized spacial score (nSPS) is 17.9. The smallest absolute Gasteiger partial charge is 0.258 e. The molecule has 2 fully saturated rings. The van der Waals surface area contributed by atoms with Crippen LogP contribution in [0, 0.1) is 11.7 Å². The zero-order chi connectivity index (χ0) is 24.2. The lowest BCUT2D eigenvalue weighted by molar-refractivity contribution is 0.133. The molecule has 3 heterocycles. The van der Waals surface area contributed by atoms with Crippen molar-refractivity contribution >= 4 is 22.5 Å². The molecule has 1 aliphatic carbocycles. The number of rotatable bonds is 8. The molecule has 35 heavy (non-hydrogen) atoms. The van der Waals surface area contributed by atoms with E-state index in [4.69, 9.17) is 16.3 Å². The molecule has 1 saturated heterocycles. The number of aromatic amines is 1. The zero-order valence-electron chi connectivity index (χ0n) is 19.7. The van der Waals surface area contributed by atoms with E-state index in [1.165, 1.54) is 69.8 Å². The number of piperidine rings is 1. The van der Waals surface area contributed by atoms with E-state index in [9.17, 15) is 9.18 Å². The van der Waals surface area contributed by atoms with Crippen LogP contribution in [0.4, 0.5) is 4.39 Å². The Hall–Kier alpha value is -2.55. The highest BCUT2D eigenvalue weighted by Gasteiger charge is 2.26. The summed E-state index contributed by atoms with van der Waals surface area (Å²) in [4.78, 5) is 27.2. The molecule has 9 heteroatoms. The third-order valence-corrected chi connectivity index (χ3v) is 7.52. The fourth-order valence-corrected chi connectivity index (χ4v) is 5.44. The summed E-state index contributed by atoms with van der Waals surface area (Å²) in [5.74, 6) is 0.909. The number of benzene rings is 1. The average molecular weight is 500 g/mol. The Labute approximate surface area is 209 Å². The third-order valence-electron chi connectivity index (χ3n) is 7.23. The Morgan fingerprint density at radius 2 is 1.97 bits per heavy atom. The van der Waals surface area contributed by atoms with E-state index in [-0.39, 0.29) is 17.2 Å². The second kappa shape index (κ2) is 11.0. The molecular formula is C26H31ClFN5O2. The van der Waals surface area contributed by atoms with Crippen molar-refractivity contribution in [3.63, 3.8) is 0 Å². The van der Waals surface area contributed by atoms with E-state index < -0.39 is 5.82 Å². The van der Waals surface area contributed by atoms with Crippen LogP contribution in [-0.4, -0.2) is 45.5 Å². The molecule has 0 bridgehead atoms. The minimum Gasteiger partial charge on any atom is -0.486 e. The summed E-state index contributed by atoms with van der Waals surface area (Å²) in [7, 11) is 0. The zero-order valence-corrected chi connectivity index (χ0v) is 20.5. The van der Waals surface area contributed by atoms with Gasteiger partial charge in [0.1, 0.15) is 29.5 Å². The van der Waals surface area contributed by atoms with Gasteiger partial charge < -0.3 is 19.9 Å². The lowest BCUT2D eigenvalue weighted by Gasteiger charge is -2.36. The van der Waals surface area contributed by atoms with Crippen LogP contribution in [0.3, 0.4) is 0 Å². The van der Waals surface area contributed by atoms with Gasteiger partial charge in [0, 0.05) is 24.8 Å². The highest BCUT2D eigenvalue weighted by atomic mass is 35.5. The SMILES string of the molecule is O=c1[nH]c(COc2ccc(F)c(Cl)c2)nc2c(CNCC3CCN(C4CCCC4)CC3)nccc12. The number of hydrogen-bond acceptors (Lipinski definition) is 6. The molecular weight excluding hydrogens is 469 g/mol. The van der Waals surface area contributed by atoms with Crippen molar-refractivity contribution in [3.8, 4) is 5.75 Å². The first-order valence-electron chi connectivity index (χ1n) is 12.5. The summed E-state index contributed by atoms with van der Waals surface area (Å²) in [6.07, 6.45) is 9.59. The van der Waals surface area contributed by atoms with Gasteiger partial charge in [0.15, 0.2) is 0 Å². The third kappa shape index (κ3) is 5.82. The largest absolute Gasteiger partial charge is 0.486 e. The number of H-pyrrole nitrogens is 1. The van der Waals surface area contributed by atoms with Gasteiger partial charge in [0.2, 0.25) is 0 Å². The van der Waals surface area contributed by atoms with E-state index in [2.05, 4.69) is 25.2 Å². The molecule has 1 aromatic carbocycles. The van der Waals surface area contributed by atoms with E-state index >= 15 is 0 Å². The highest BCUT2D eigenvalue weighted by Crippen LogP contribution is 2.27. The van der Waals surface area contributed by atoms with Crippen LogP contribution in [0.15, 0.2) is 35.3 Å². The quantitative estimate of drug-likeness (QED) is 0.477. The molecule has 2 aromatic heterocycles. The van der Waals surface area contributed by atoms with Crippen LogP contribution in [0.1, 0.15) is 50.0 Å². The second-order valence-corrected chi connectivity index (χ2v) is 9.99. The fourth-order valence-electron chi connectivity index (χ4n) is 5.27. The molecule has 0 amide bonds. The van der Waals surface area contributed by atoms with Gasteiger partial charge in [-0.1, -0.05) is 24.4 Å². The van der Waals surface area contributed by atoms with Crippen molar-refractivity contribution in [2.75, 3.05) is 19.6 Å². The van der Waals surface area contributed by atoms with Crippen molar-refractivity contribution in [2.45, 2.75) is 57.7 Å². The number of hydrogen-bond donors (Lipinski definition) is 2. The van der Waals surface area contributed by atoms with Crippen LogP contribution >= 0.6 is 11.6 Å². The molecule has 2 N–H and O–H groups in total. The summed E-state index contributed by atoms with van der Waals surface area (Å²) in [5.41, 5.74) is 1.06. The summed E-state index contributed by atoms with van der Waals surface area (Å²) in [6, 6.07) is 6.60. The van der Waals surface area contributed by atoms with Crippen molar-refractivity contribution in [2.24, 2.45) is 5.92 Å². The lowest BCUT2D eigenvalue weighted by Crippen LogP contribution is -2.42. The predicted molar refractivity (Wildman–Crippen MR) is 134 cm³/mol. The maximum absolute atomic E-state index is 13.4. The fraction of sp³-hybridized carbons (Fsp3) is 0.500. The molecule has 7 nitrogen and oxygen atoms in total. The van der Waals surface area contributed by atoms with Crippen molar-refractivity contribution < 1.29 is 9.13 Å². The molecule has 3 aromatic rings. The molecule has 0 unspecified atom stereocenters. The molecule has 5 rings (SSSR count). The first kappa shape index (κ1) is 24.2. The number of pyridine rings is 1. The van der Waals surface area contributed by atoms with E-state index in [0.29, 0.717) is 34.9 Å². The Bertz CT molecular complexity index is 1220. The summed E-state index contributed by atoms with van der Waals surface area (Å²) >= 11 is 5.81. The number of aromatic nitrogens is 3. The average Bonchev–Trinajstić information content (AvgIpc) is 3.41. The number of nitrogens with zero attached hydrogens (tertiary/aromatic N) is 3. The Balaban J connectivity index is 1.20. The van der Waals surface area contributed by atoms with Gasteiger partial charge in [0.25, 0.3) is 5.56 Å².